The van der Waals surface area contributed by atoms with E-state index in [1.165, 1.54) is 16.4 Å². The van der Waals surface area contributed by atoms with Crippen molar-refractivity contribution in [2.45, 2.75) is 11.7 Å². The van der Waals surface area contributed by atoms with E-state index in [1.54, 1.807) is 36.7 Å². The molecule has 0 aliphatic heterocycles. The maximum atomic E-state index is 11.8. The predicted octanol–water partition coefficient (Wildman–Crippen LogP) is 1.06. The molecule has 0 aliphatic carbocycles. The van der Waals surface area contributed by atoms with Gasteiger partial charge < -0.3 is 15.6 Å². The molecule has 0 radical (unpaired) electrons. The second kappa shape index (κ2) is 6.97. The highest BCUT2D eigenvalue weighted by molar-refractivity contribution is 7.99. The van der Waals surface area contributed by atoms with E-state index in [4.69, 9.17) is 10.3 Å². The summed E-state index contributed by atoms with van der Waals surface area (Å²) < 4.78 is 6.47. The number of rotatable bonds is 6. The minimum absolute atomic E-state index is 0.145. The van der Waals surface area contributed by atoms with Gasteiger partial charge in [0.2, 0.25) is 16.9 Å². The molecule has 118 valence electrons. The second-order valence-corrected chi connectivity index (χ2v) is 5.48. The van der Waals surface area contributed by atoms with Crippen molar-refractivity contribution in [3.05, 3.63) is 48.6 Å². The maximum absolute atomic E-state index is 11.8. The average Bonchev–Trinajstić information content (AvgIpc) is 3.22. The van der Waals surface area contributed by atoms with Gasteiger partial charge in [0.25, 0.3) is 0 Å². The summed E-state index contributed by atoms with van der Waals surface area (Å²) in [4.78, 5) is 16.0. The van der Waals surface area contributed by atoms with E-state index in [9.17, 15) is 4.79 Å². The molecular weight excluding hydrogens is 316 g/mol. The summed E-state index contributed by atoms with van der Waals surface area (Å²) in [6.07, 6.45) is 3.21. The van der Waals surface area contributed by atoms with Crippen LogP contribution < -0.4 is 11.2 Å². The van der Waals surface area contributed by atoms with Gasteiger partial charge in [-0.2, -0.15) is 0 Å². The second-order valence-electron chi connectivity index (χ2n) is 4.54. The summed E-state index contributed by atoms with van der Waals surface area (Å²) in [6, 6.07) is 9.00. The number of hydrogen-bond acceptors (Lipinski definition) is 7. The molecule has 0 bridgehead atoms. The number of carbonyl (C=O) groups excluding carboxylic acids is 1. The number of carbonyl (C=O) groups is 1. The third-order valence-electron chi connectivity index (χ3n) is 2.93. The van der Waals surface area contributed by atoms with Crippen molar-refractivity contribution >= 4 is 17.7 Å². The molecule has 0 aliphatic rings. The van der Waals surface area contributed by atoms with Crippen LogP contribution in [0.2, 0.25) is 0 Å². The Kier molecular flexibility index (Phi) is 4.57. The number of hydrogen-bond donors (Lipinski definition) is 2. The quantitative estimate of drug-likeness (QED) is 0.513. The van der Waals surface area contributed by atoms with Crippen LogP contribution in [0.25, 0.3) is 11.5 Å². The number of aromatic nitrogens is 4. The van der Waals surface area contributed by atoms with Crippen LogP contribution in [0.3, 0.4) is 0 Å². The summed E-state index contributed by atoms with van der Waals surface area (Å²) in [7, 11) is 0. The predicted molar refractivity (Wildman–Crippen MR) is 84.7 cm³/mol. The van der Waals surface area contributed by atoms with E-state index in [2.05, 4.69) is 20.5 Å². The van der Waals surface area contributed by atoms with Gasteiger partial charge in [-0.25, -0.2) is 4.68 Å². The Hall–Kier alpha value is -2.81. The van der Waals surface area contributed by atoms with Crippen LogP contribution in [0.4, 0.5) is 0 Å². The van der Waals surface area contributed by atoms with Crippen molar-refractivity contribution in [3.8, 4) is 11.5 Å². The molecule has 9 heteroatoms. The minimum Gasteiger partial charge on any atom is -0.467 e. The zero-order valence-electron chi connectivity index (χ0n) is 12.0. The average molecular weight is 330 g/mol. The molecule has 0 fully saturated rings. The standard InChI is InChI=1S/C14H14N6O2S/c15-20-13(11-5-1-2-6-16-11)18-19-14(20)23-9-12(21)17-8-10-4-3-7-22-10/h1-7H,8-9,15H2,(H,17,21). The van der Waals surface area contributed by atoms with Crippen molar-refractivity contribution in [2.75, 3.05) is 11.6 Å². The normalized spacial score (nSPS) is 10.6. The van der Waals surface area contributed by atoms with Gasteiger partial charge in [-0.1, -0.05) is 17.8 Å². The lowest BCUT2D eigenvalue weighted by Crippen LogP contribution is -2.24. The van der Waals surface area contributed by atoms with Crippen molar-refractivity contribution in [1.82, 2.24) is 25.2 Å². The number of furan rings is 1. The maximum Gasteiger partial charge on any atom is 0.230 e. The summed E-state index contributed by atoms with van der Waals surface area (Å²) >= 11 is 1.20. The van der Waals surface area contributed by atoms with Crippen LogP contribution >= 0.6 is 11.8 Å². The molecule has 0 spiro atoms. The van der Waals surface area contributed by atoms with Gasteiger partial charge in [0, 0.05) is 6.20 Å². The first-order valence-electron chi connectivity index (χ1n) is 6.78. The fourth-order valence-corrected chi connectivity index (χ4v) is 2.51. The van der Waals surface area contributed by atoms with Crippen molar-refractivity contribution < 1.29 is 9.21 Å². The molecule has 8 nitrogen and oxygen atoms in total. The highest BCUT2D eigenvalue weighted by Gasteiger charge is 2.14. The lowest BCUT2D eigenvalue weighted by molar-refractivity contribution is -0.118. The number of amides is 1. The zero-order valence-corrected chi connectivity index (χ0v) is 12.9. The summed E-state index contributed by atoms with van der Waals surface area (Å²) in [5, 5.41) is 11.2. The van der Waals surface area contributed by atoms with Gasteiger partial charge in [-0.05, 0) is 24.3 Å². The van der Waals surface area contributed by atoms with Crippen LogP contribution in [-0.2, 0) is 11.3 Å². The first-order valence-corrected chi connectivity index (χ1v) is 7.76. The van der Waals surface area contributed by atoms with Crippen LogP contribution in [0.15, 0.2) is 52.4 Å². The highest BCUT2D eigenvalue weighted by atomic mass is 32.2. The van der Waals surface area contributed by atoms with E-state index >= 15 is 0 Å². The molecule has 3 heterocycles. The van der Waals surface area contributed by atoms with Gasteiger partial charge in [-0.3, -0.25) is 9.78 Å². The molecule has 0 aromatic carbocycles. The molecule has 3 N–H and O–H groups in total. The summed E-state index contributed by atoms with van der Waals surface area (Å²) in [5.41, 5.74) is 0.622. The lowest BCUT2D eigenvalue weighted by Gasteiger charge is -2.04. The van der Waals surface area contributed by atoms with Gasteiger partial charge >= 0.3 is 0 Å². The number of thioether (sulfide) groups is 1. The molecule has 0 atom stereocenters. The molecule has 0 saturated carbocycles. The third kappa shape index (κ3) is 3.69. The largest absolute Gasteiger partial charge is 0.467 e. The van der Waals surface area contributed by atoms with Gasteiger partial charge in [0.05, 0.1) is 18.6 Å². The third-order valence-corrected chi connectivity index (χ3v) is 3.87. The number of pyridine rings is 1. The summed E-state index contributed by atoms with van der Waals surface area (Å²) in [6.45, 7) is 0.348. The molecule has 3 aromatic heterocycles. The molecule has 1 amide bonds. The van der Waals surface area contributed by atoms with Crippen molar-refractivity contribution in [2.24, 2.45) is 0 Å². The molecule has 0 saturated heterocycles. The Morgan fingerprint density at radius 2 is 2.22 bits per heavy atom. The minimum atomic E-state index is -0.145. The van der Waals surface area contributed by atoms with Crippen molar-refractivity contribution in [3.63, 3.8) is 0 Å². The first kappa shape index (κ1) is 15.1. The molecule has 3 rings (SSSR count). The van der Waals surface area contributed by atoms with Gasteiger partial charge in [-0.15, -0.1) is 10.2 Å². The SMILES string of the molecule is Nn1c(SCC(=O)NCc2ccco2)nnc1-c1ccccn1. The summed E-state index contributed by atoms with van der Waals surface area (Å²) in [5.74, 6) is 7.14. The van der Waals surface area contributed by atoms with Crippen molar-refractivity contribution in [1.29, 1.82) is 0 Å². The van der Waals surface area contributed by atoms with E-state index in [0.717, 1.165) is 0 Å². The number of nitrogen functional groups attached to an aromatic ring is 1. The van der Waals surface area contributed by atoms with E-state index in [0.29, 0.717) is 29.0 Å². The molecule has 23 heavy (non-hydrogen) atoms. The van der Waals surface area contributed by atoms with Crippen LogP contribution in [-0.4, -0.2) is 31.5 Å². The fourth-order valence-electron chi connectivity index (χ4n) is 1.83. The topological polar surface area (TPSA) is 112 Å². The number of nitrogens with zero attached hydrogens (tertiary/aromatic N) is 4. The van der Waals surface area contributed by atoms with Crippen LogP contribution in [0.5, 0.6) is 0 Å². The molecule has 0 unspecified atom stereocenters. The Morgan fingerprint density at radius 1 is 1.30 bits per heavy atom. The first-order chi connectivity index (χ1) is 11.2. The van der Waals surface area contributed by atoms with Crippen LogP contribution in [0.1, 0.15) is 5.76 Å². The number of nitrogens with two attached hydrogens (primary N) is 1. The van der Waals surface area contributed by atoms with Gasteiger partial charge in [0.1, 0.15) is 11.5 Å². The fraction of sp³-hybridized carbons (Fsp3) is 0.143. The van der Waals surface area contributed by atoms with E-state index in [-0.39, 0.29) is 11.7 Å². The Bertz CT molecular complexity index is 772. The highest BCUT2D eigenvalue weighted by Crippen LogP contribution is 2.19. The molecule has 3 aromatic rings. The Labute approximate surface area is 136 Å². The van der Waals surface area contributed by atoms with E-state index in [1.807, 2.05) is 6.07 Å². The zero-order chi connectivity index (χ0) is 16.1. The van der Waals surface area contributed by atoms with E-state index < -0.39 is 0 Å². The number of nitrogens with one attached hydrogen (secondary N) is 1. The Balaban J connectivity index is 1.56. The lowest BCUT2D eigenvalue weighted by atomic mass is 10.3. The molecular formula is C14H14N6O2S. The Morgan fingerprint density at radius 3 is 2.96 bits per heavy atom. The monoisotopic (exact) mass is 330 g/mol. The van der Waals surface area contributed by atoms with Gasteiger partial charge in [0.15, 0.2) is 0 Å². The smallest absolute Gasteiger partial charge is 0.230 e. The van der Waals surface area contributed by atoms with Crippen LogP contribution in [0, 0.1) is 0 Å².